The Balaban J connectivity index is 1.88. The fourth-order valence-electron chi connectivity index (χ4n) is 4.26. The average molecular weight is 273 g/mol. The highest BCUT2D eigenvalue weighted by molar-refractivity contribution is 5.29. The molecule has 0 spiro atoms. The van der Waals surface area contributed by atoms with Crippen LogP contribution in [0, 0.1) is 5.92 Å². The summed E-state index contributed by atoms with van der Waals surface area (Å²) >= 11 is 0. The molecule has 2 fully saturated rings. The lowest BCUT2D eigenvalue weighted by Gasteiger charge is -2.46. The van der Waals surface area contributed by atoms with Crippen molar-refractivity contribution in [2.24, 2.45) is 11.7 Å². The van der Waals surface area contributed by atoms with E-state index in [1.165, 1.54) is 37.7 Å². The Kier molecular flexibility index (Phi) is 4.42. The largest absolute Gasteiger partial charge is 0.381 e. The zero-order chi connectivity index (χ0) is 13.8. The van der Waals surface area contributed by atoms with Crippen LogP contribution in [0.4, 0.5) is 0 Å². The predicted molar refractivity (Wildman–Crippen MR) is 82.7 cm³/mol. The van der Waals surface area contributed by atoms with Crippen molar-refractivity contribution in [3.05, 3.63) is 35.9 Å². The van der Waals surface area contributed by atoms with Gasteiger partial charge in [-0.05, 0) is 37.2 Å². The van der Waals surface area contributed by atoms with Crippen LogP contribution in [-0.2, 0) is 10.2 Å². The normalized spacial score (nSPS) is 25.2. The van der Waals surface area contributed by atoms with Crippen LogP contribution in [0.2, 0.25) is 0 Å². The van der Waals surface area contributed by atoms with E-state index in [1.807, 2.05) is 0 Å². The van der Waals surface area contributed by atoms with Crippen LogP contribution in [0.15, 0.2) is 30.3 Å². The molecule has 2 heteroatoms. The van der Waals surface area contributed by atoms with Gasteiger partial charge >= 0.3 is 0 Å². The summed E-state index contributed by atoms with van der Waals surface area (Å²) in [6.07, 6.45) is 8.90. The van der Waals surface area contributed by atoms with Crippen molar-refractivity contribution < 1.29 is 4.74 Å². The number of benzene rings is 1. The molecule has 1 aliphatic carbocycles. The van der Waals surface area contributed by atoms with Gasteiger partial charge in [0.25, 0.3) is 0 Å². The Bertz CT molecular complexity index is 405. The molecular weight excluding hydrogens is 246 g/mol. The maximum atomic E-state index is 6.83. The van der Waals surface area contributed by atoms with Crippen molar-refractivity contribution in [3.63, 3.8) is 0 Å². The summed E-state index contributed by atoms with van der Waals surface area (Å²) in [5.74, 6) is 0.696. The molecule has 0 aromatic heterocycles. The van der Waals surface area contributed by atoms with Gasteiger partial charge in [-0.25, -0.2) is 0 Å². The highest BCUT2D eigenvalue weighted by Crippen LogP contribution is 2.42. The molecule has 2 nitrogen and oxygen atoms in total. The highest BCUT2D eigenvalue weighted by Gasteiger charge is 2.43. The zero-order valence-corrected chi connectivity index (χ0v) is 12.4. The van der Waals surface area contributed by atoms with Crippen molar-refractivity contribution in [2.45, 2.75) is 56.4 Å². The number of rotatable bonds is 3. The summed E-state index contributed by atoms with van der Waals surface area (Å²) < 4.78 is 5.63. The van der Waals surface area contributed by atoms with E-state index in [9.17, 15) is 0 Å². The van der Waals surface area contributed by atoms with Gasteiger partial charge in [-0.15, -0.1) is 0 Å². The van der Waals surface area contributed by atoms with Gasteiger partial charge < -0.3 is 10.5 Å². The van der Waals surface area contributed by atoms with Gasteiger partial charge in [-0.1, -0.05) is 49.6 Å². The molecule has 20 heavy (non-hydrogen) atoms. The van der Waals surface area contributed by atoms with Crippen molar-refractivity contribution in [1.29, 1.82) is 0 Å². The Hall–Kier alpha value is -0.860. The molecule has 1 aromatic carbocycles. The van der Waals surface area contributed by atoms with Crippen LogP contribution in [0.25, 0.3) is 0 Å². The van der Waals surface area contributed by atoms with Crippen LogP contribution in [0.1, 0.15) is 50.5 Å². The Labute approximate surface area is 122 Å². The fourth-order valence-corrected chi connectivity index (χ4v) is 4.26. The summed E-state index contributed by atoms with van der Waals surface area (Å²) in [6.45, 7) is 1.71. The number of hydrogen-bond donors (Lipinski definition) is 1. The molecule has 2 N–H and O–H groups in total. The van der Waals surface area contributed by atoms with Crippen molar-refractivity contribution >= 4 is 0 Å². The lowest BCUT2D eigenvalue weighted by Crippen LogP contribution is -2.53. The van der Waals surface area contributed by atoms with Crippen LogP contribution in [0.5, 0.6) is 0 Å². The second-order valence-electron chi connectivity index (χ2n) is 6.56. The van der Waals surface area contributed by atoms with E-state index in [4.69, 9.17) is 10.5 Å². The van der Waals surface area contributed by atoms with E-state index in [2.05, 4.69) is 30.3 Å². The summed E-state index contributed by atoms with van der Waals surface area (Å²) in [7, 11) is 0. The van der Waals surface area contributed by atoms with Gasteiger partial charge in [0.1, 0.15) is 0 Å². The SMILES string of the molecule is NC(C1CCCCC1)C1(c2ccccc2)CCOCC1. The summed E-state index contributed by atoms with van der Waals surface area (Å²) in [6, 6.07) is 11.2. The first-order valence-corrected chi connectivity index (χ1v) is 8.22. The van der Waals surface area contributed by atoms with Gasteiger partial charge in [-0.2, -0.15) is 0 Å². The van der Waals surface area contributed by atoms with Gasteiger partial charge in [0.05, 0.1) is 0 Å². The fraction of sp³-hybridized carbons (Fsp3) is 0.667. The number of hydrogen-bond acceptors (Lipinski definition) is 2. The van der Waals surface area contributed by atoms with Gasteiger partial charge in [0.15, 0.2) is 0 Å². The number of nitrogens with two attached hydrogens (primary N) is 1. The Morgan fingerprint density at radius 2 is 1.65 bits per heavy atom. The molecule has 0 radical (unpaired) electrons. The quantitative estimate of drug-likeness (QED) is 0.912. The minimum Gasteiger partial charge on any atom is -0.381 e. The summed E-state index contributed by atoms with van der Waals surface area (Å²) in [4.78, 5) is 0. The van der Waals surface area contributed by atoms with Crippen molar-refractivity contribution in [3.8, 4) is 0 Å². The van der Waals surface area contributed by atoms with E-state index in [-0.39, 0.29) is 11.5 Å². The van der Waals surface area contributed by atoms with E-state index in [0.717, 1.165) is 26.1 Å². The number of ether oxygens (including phenoxy) is 1. The Morgan fingerprint density at radius 3 is 2.30 bits per heavy atom. The van der Waals surface area contributed by atoms with Gasteiger partial charge in [0, 0.05) is 24.7 Å². The molecular formula is C18H27NO. The standard InChI is InChI=1S/C18H27NO/c19-17(15-7-3-1-4-8-15)18(11-13-20-14-12-18)16-9-5-2-6-10-16/h2,5-6,9-10,15,17H,1,3-4,7-8,11-14,19H2. The Morgan fingerprint density at radius 1 is 1.00 bits per heavy atom. The third-order valence-corrected chi connectivity index (χ3v) is 5.53. The van der Waals surface area contributed by atoms with E-state index >= 15 is 0 Å². The van der Waals surface area contributed by atoms with Crippen LogP contribution < -0.4 is 5.73 Å². The predicted octanol–water partition coefficient (Wildman–Crippen LogP) is 3.64. The van der Waals surface area contributed by atoms with Crippen LogP contribution in [-0.4, -0.2) is 19.3 Å². The van der Waals surface area contributed by atoms with Crippen molar-refractivity contribution in [2.75, 3.05) is 13.2 Å². The monoisotopic (exact) mass is 273 g/mol. The first-order chi connectivity index (χ1) is 9.83. The second-order valence-corrected chi connectivity index (χ2v) is 6.56. The third kappa shape index (κ3) is 2.64. The minimum atomic E-state index is 0.140. The molecule has 1 saturated carbocycles. The average Bonchev–Trinajstić information content (AvgIpc) is 2.56. The van der Waals surface area contributed by atoms with Gasteiger partial charge in [0.2, 0.25) is 0 Å². The minimum absolute atomic E-state index is 0.140. The molecule has 1 saturated heterocycles. The summed E-state index contributed by atoms with van der Waals surface area (Å²) in [5, 5.41) is 0. The van der Waals surface area contributed by atoms with Crippen molar-refractivity contribution in [1.82, 2.24) is 0 Å². The maximum absolute atomic E-state index is 6.83. The summed E-state index contributed by atoms with van der Waals surface area (Å²) in [5.41, 5.74) is 8.41. The molecule has 0 bridgehead atoms. The zero-order valence-electron chi connectivity index (χ0n) is 12.4. The van der Waals surface area contributed by atoms with E-state index < -0.39 is 0 Å². The molecule has 2 aliphatic rings. The smallest absolute Gasteiger partial charge is 0.0475 e. The molecule has 1 aliphatic heterocycles. The maximum Gasteiger partial charge on any atom is 0.0475 e. The molecule has 1 unspecified atom stereocenters. The first-order valence-electron chi connectivity index (χ1n) is 8.22. The molecule has 0 amide bonds. The van der Waals surface area contributed by atoms with Crippen LogP contribution >= 0.6 is 0 Å². The second kappa shape index (κ2) is 6.28. The molecule has 3 rings (SSSR count). The lowest BCUT2D eigenvalue weighted by molar-refractivity contribution is 0.0276. The van der Waals surface area contributed by atoms with Gasteiger partial charge in [-0.3, -0.25) is 0 Å². The highest BCUT2D eigenvalue weighted by atomic mass is 16.5. The topological polar surface area (TPSA) is 35.2 Å². The molecule has 1 atom stereocenters. The van der Waals surface area contributed by atoms with Crippen LogP contribution in [0.3, 0.4) is 0 Å². The van der Waals surface area contributed by atoms with E-state index in [0.29, 0.717) is 5.92 Å². The molecule has 110 valence electrons. The molecule has 1 aromatic rings. The third-order valence-electron chi connectivity index (χ3n) is 5.53. The lowest BCUT2D eigenvalue weighted by atomic mass is 9.63. The first kappa shape index (κ1) is 14.1. The van der Waals surface area contributed by atoms with E-state index in [1.54, 1.807) is 0 Å². The molecule has 1 heterocycles.